The second-order valence-electron chi connectivity index (χ2n) is 3.47. The third-order valence-electron chi connectivity index (χ3n) is 1.99. The van der Waals surface area contributed by atoms with Crippen molar-refractivity contribution in [3.05, 3.63) is 34.3 Å². The maximum Gasteiger partial charge on any atom is 0.339 e. The molecule has 0 saturated heterocycles. The molecule has 0 amide bonds. The van der Waals surface area contributed by atoms with Crippen LogP contribution in [0.15, 0.2) is 28.8 Å². The first-order chi connectivity index (χ1) is 8.36. The number of aromatic hydroxyl groups is 1. The van der Waals surface area contributed by atoms with Gasteiger partial charge in [0.05, 0.1) is 17.1 Å². The van der Waals surface area contributed by atoms with E-state index in [-0.39, 0.29) is 27.1 Å². The number of hydrogen-bond donors (Lipinski definition) is 1. The Hall–Kier alpha value is -1.82. The molecule has 0 aromatic heterocycles. The molecule has 5 nitrogen and oxygen atoms in total. The third-order valence-corrected chi connectivity index (χ3v) is 2.82. The summed E-state index contributed by atoms with van der Waals surface area (Å²) in [6.45, 7) is 4.92. The highest BCUT2D eigenvalue weighted by Crippen LogP contribution is 2.33. The lowest BCUT2D eigenvalue weighted by atomic mass is 10.2. The van der Waals surface area contributed by atoms with Crippen LogP contribution in [0.4, 0.5) is 0 Å². The summed E-state index contributed by atoms with van der Waals surface area (Å²) in [5.74, 6) is -1.51. The Bertz CT molecular complexity index is 521. The van der Waals surface area contributed by atoms with Gasteiger partial charge in [0, 0.05) is 11.6 Å². The standard InChI is InChI=1S/C12H11BrO5/c1-6(2)11(15)18-7-4-8(12(16)17-3)10(13)9(14)5-7/h4-5,14H,1H2,2-3H3. The zero-order valence-corrected chi connectivity index (χ0v) is 11.4. The summed E-state index contributed by atoms with van der Waals surface area (Å²) in [5, 5.41) is 9.61. The first kappa shape index (κ1) is 14.2. The van der Waals surface area contributed by atoms with Crippen LogP contribution in [0.2, 0.25) is 0 Å². The fourth-order valence-electron chi connectivity index (χ4n) is 1.09. The van der Waals surface area contributed by atoms with E-state index in [9.17, 15) is 14.7 Å². The van der Waals surface area contributed by atoms with Crippen LogP contribution in [0.25, 0.3) is 0 Å². The summed E-state index contributed by atoms with van der Waals surface area (Å²) in [6, 6.07) is 2.49. The summed E-state index contributed by atoms with van der Waals surface area (Å²) in [4.78, 5) is 22.8. The second kappa shape index (κ2) is 5.68. The number of carbonyl (C=O) groups excluding carboxylic acids is 2. The zero-order valence-electron chi connectivity index (χ0n) is 9.82. The van der Waals surface area contributed by atoms with Crippen LogP contribution >= 0.6 is 15.9 Å². The molecule has 0 unspecified atom stereocenters. The average Bonchev–Trinajstić information content (AvgIpc) is 2.32. The maximum atomic E-state index is 11.4. The molecule has 0 spiro atoms. The predicted octanol–water partition coefficient (Wildman–Crippen LogP) is 2.42. The van der Waals surface area contributed by atoms with Gasteiger partial charge >= 0.3 is 11.9 Å². The van der Waals surface area contributed by atoms with Crippen LogP contribution in [0.3, 0.4) is 0 Å². The summed E-state index contributed by atoms with van der Waals surface area (Å²) in [6.07, 6.45) is 0. The largest absolute Gasteiger partial charge is 0.507 e. The molecule has 0 atom stereocenters. The number of phenolic OH excluding ortho intramolecular Hbond substituents is 1. The van der Waals surface area contributed by atoms with Gasteiger partial charge in [0.2, 0.25) is 0 Å². The fourth-order valence-corrected chi connectivity index (χ4v) is 1.49. The van der Waals surface area contributed by atoms with E-state index in [0.717, 1.165) is 0 Å². The van der Waals surface area contributed by atoms with Crippen LogP contribution in [-0.2, 0) is 9.53 Å². The molecule has 1 rings (SSSR count). The van der Waals surface area contributed by atoms with Gasteiger partial charge in [0.1, 0.15) is 11.5 Å². The Morgan fingerprint density at radius 2 is 2.00 bits per heavy atom. The molecule has 18 heavy (non-hydrogen) atoms. The Kier molecular flexibility index (Phi) is 4.49. The SMILES string of the molecule is C=C(C)C(=O)Oc1cc(O)c(Br)c(C(=O)OC)c1. The van der Waals surface area contributed by atoms with Gasteiger partial charge in [-0.2, -0.15) is 0 Å². The van der Waals surface area contributed by atoms with Crippen molar-refractivity contribution in [3.8, 4) is 11.5 Å². The van der Waals surface area contributed by atoms with Gasteiger partial charge < -0.3 is 14.6 Å². The van der Waals surface area contributed by atoms with Gasteiger partial charge in [-0.3, -0.25) is 0 Å². The van der Waals surface area contributed by atoms with Crippen LogP contribution in [0, 0.1) is 0 Å². The van der Waals surface area contributed by atoms with Crippen molar-refractivity contribution >= 4 is 27.9 Å². The van der Waals surface area contributed by atoms with Crippen molar-refractivity contribution in [3.63, 3.8) is 0 Å². The number of hydrogen-bond acceptors (Lipinski definition) is 5. The minimum absolute atomic E-state index is 0.0316. The highest BCUT2D eigenvalue weighted by Gasteiger charge is 2.17. The molecular formula is C12H11BrO5. The van der Waals surface area contributed by atoms with E-state index < -0.39 is 11.9 Å². The Morgan fingerprint density at radius 1 is 1.39 bits per heavy atom. The number of rotatable bonds is 3. The first-order valence-electron chi connectivity index (χ1n) is 4.85. The lowest BCUT2D eigenvalue weighted by molar-refractivity contribution is -0.130. The van der Waals surface area contributed by atoms with E-state index in [0.29, 0.717) is 0 Å². The number of halogens is 1. The average molecular weight is 315 g/mol. The minimum atomic E-state index is -0.662. The number of ether oxygens (including phenoxy) is 2. The van der Waals surface area contributed by atoms with E-state index >= 15 is 0 Å². The summed E-state index contributed by atoms with van der Waals surface area (Å²) >= 11 is 3.04. The zero-order chi connectivity index (χ0) is 13.9. The van der Waals surface area contributed by atoms with Crippen LogP contribution < -0.4 is 4.74 Å². The molecule has 0 aliphatic heterocycles. The van der Waals surface area contributed by atoms with Gasteiger partial charge in [-0.05, 0) is 28.9 Å². The maximum absolute atomic E-state index is 11.4. The number of carbonyl (C=O) groups is 2. The molecule has 1 aromatic rings. The van der Waals surface area contributed by atoms with Gasteiger partial charge in [-0.25, -0.2) is 9.59 Å². The van der Waals surface area contributed by atoms with E-state index in [1.165, 1.54) is 26.2 Å². The summed E-state index contributed by atoms with van der Waals surface area (Å²) in [7, 11) is 1.21. The molecule has 0 heterocycles. The Balaban J connectivity index is 3.16. The molecule has 0 fully saturated rings. The third kappa shape index (κ3) is 3.10. The number of phenols is 1. The Morgan fingerprint density at radius 3 is 2.50 bits per heavy atom. The van der Waals surface area contributed by atoms with Gasteiger partial charge in [-0.1, -0.05) is 6.58 Å². The number of benzene rings is 1. The second-order valence-corrected chi connectivity index (χ2v) is 4.26. The fraction of sp³-hybridized carbons (Fsp3) is 0.167. The van der Waals surface area contributed by atoms with Crippen molar-refractivity contribution < 1.29 is 24.2 Å². The van der Waals surface area contributed by atoms with Crippen LogP contribution in [0.5, 0.6) is 11.5 Å². The van der Waals surface area contributed by atoms with Crippen molar-refractivity contribution in [1.29, 1.82) is 0 Å². The molecule has 0 aliphatic rings. The smallest absolute Gasteiger partial charge is 0.339 e. The predicted molar refractivity (Wildman–Crippen MR) is 67.6 cm³/mol. The summed E-state index contributed by atoms with van der Waals surface area (Å²) < 4.78 is 9.63. The van der Waals surface area contributed by atoms with Crippen LogP contribution in [-0.4, -0.2) is 24.2 Å². The topological polar surface area (TPSA) is 72.8 Å². The quantitative estimate of drug-likeness (QED) is 0.527. The lowest BCUT2D eigenvalue weighted by Gasteiger charge is -2.09. The van der Waals surface area contributed by atoms with Gasteiger partial charge in [-0.15, -0.1) is 0 Å². The van der Waals surface area contributed by atoms with Gasteiger partial charge in [0.25, 0.3) is 0 Å². The van der Waals surface area contributed by atoms with E-state index in [1.54, 1.807) is 0 Å². The van der Waals surface area contributed by atoms with E-state index in [2.05, 4.69) is 27.2 Å². The highest BCUT2D eigenvalue weighted by molar-refractivity contribution is 9.10. The van der Waals surface area contributed by atoms with Gasteiger partial charge in [0.15, 0.2) is 0 Å². The molecule has 0 saturated carbocycles. The molecule has 1 aromatic carbocycles. The molecular weight excluding hydrogens is 304 g/mol. The van der Waals surface area contributed by atoms with E-state index in [1.807, 2.05) is 0 Å². The molecule has 0 aliphatic carbocycles. The summed E-state index contributed by atoms with van der Waals surface area (Å²) in [5.41, 5.74) is 0.263. The monoisotopic (exact) mass is 314 g/mol. The first-order valence-corrected chi connectivity index (χ1v) is 5.64. The molecule has 6 heteroatoms. The normalized spacial score (nSPS) is 9.72. The molecule has 96 valence electrons. The molecule has 0 bridgehead atoms. The molecule has 1 N–H and O–H groups in total. The minimum Gasteiger partial charge on any atom is -0.507 e. The lowest BCUT2D eigenvalue weighted by Crippen LogP contribution is -2.09. The number of methoxy groups -OCH3 is 1. The Labute approximate surface area is 112 Å². The van der Waals surface area contributed by atoms with Crippen molar-refractivity contribution in [1.82, 2.24) is 0 Å². The van der Waals surface area contributed by atoms with Crippen LogP contribution in [0.1, 0.15) is 17.3 Å². The van der Waals surface area contributed by atoms with Crippen molar-refractivity contribution in [2.75, 3.05) is 7.11 Å². The molecule has 0 radical (unpaired) electrons. The van der Waals surface area contributed by atoms with Crippen molar-refractivity contribution in [2.45, 2.75) is 6.92 Å². The number of esters is 2. The van der Waals surface area contributed by atoms with E-state index in [4.69, 9.17) is 4.74 Å². The highest BCUT2D eigenvalue weighted by atomic mass is 79.9. The van der Waals surface area contributed by atoms with Crippen molar-refractivity contribution in [2.24, 2.45) is 0 Å².